The van der Waals surface area contributed by atoms with Crippen LogP contribution in [0.5, 0.6) is 11.5 Å². The number of amides is 1. The van der Waals surface area contributed by atoms with Crippen LogP contribution in [0, 0.1) is 0 Å². The number of hydrogen-bond acceptors (Lipinski definition) is 6. The van der Waals surface area contributed by atoms with Crippen LogP contribution >= 0.6 is 7.60 Å². The van der Waals surface area contributed by atoms with E-state index in [1.165, 1.54) is 0 Å². The number of hydrogen-bond donors (Lipinski definition) is 1. The van der Waals surface area contributed by atoms with E-state index in [2.05, 4.69) is 4.74 Å². The van der Waals surface area contributed by atoms with E-state index in [1.807, 2.05) is 26.0 Å². The third-order valence-corrected chi connectivity index (χ3v) is 5.30. The number of esters is 1. The van der Waals surface area contributed by atoms with Crippen molar-refractivity contribution in [2.45, 2.75) is 47.1 Å². The third-order valence-electron chi connectivity index (χ3n) is 4.35. The van der Waals surface area contributed by atoms with Gasteiger partial charge in [0.05, 0.1) is 6.61 Å². The molecule has 0 aromatic heterocycles. The minimum absolute atomic E-state index is 0.123. The Hall–Kier alpha value is -2.83. The minimum Gasteiger partial charge on any atom is -0.480 e. The van der Waals surface area contributed by atoms with Gasteiger partial charge < -0.3 is 23.8 Å². The zero-order chi connectivity index (χ0) is 24.7. The number of para-hydroxylation sites is 1. The van der Waals surface area contributed by atoms with Crippen LogP contribution in [-0.2, 0) is 31.9 Å². The maximum atomic E-state index is 12.1. The first-order valence-electron chi connectivity index (χ1n) is 11.0. The fourth-order valence-corrected chi connectivity index (χ4v) is 3.64. The van der Waals surface area contributed by atoms with Gasteiger partial charge in [-0.25, -0.2) is 4.57 Å². The fraction of sp³-hybridized carbons (Fsp3) is 0.417. The highest BCUT2D eigenvalue weighted by atomic mass is 31.2. The van der Waals surface area contributed by atoms with Gasteiger partial charge in [0.25, 0.3) is 0 Å². The van der Waals surface area contributed by atoms with Gasteiger partial charge in [-0.1, -0.05) is 45.0 Å². The first kappa shape index (κ1) is 28.2. The largest absolute Gasteiger partial charge is 0.480 e. The summed E-state index contributed by atoms with van der Waals surface area (Å²) in [6, 6.07) is 13.9. The molecule has 0 bridgehead atoms. The number of rotatable bonds is 8. The predicted octanol–water partition coefficient (Wildman–Crippen LogP) is 4.79. The lowest BCUT2D eigenvalue weighted by Crippen LogP contribution is -2.29. The van der Waals surface area contributed by atoms with Crippen LogP contribution in [0.4, 0.5) is 0 Å². The average Bonchev–Trinajstić information content (AvgIpc) is 2.84. The third kappa shape index (κ3) is 10.6. The van der Waals surface area contributed by atoms with Gasteiger partial charge in [0.2, 0.25) is 6.41 Å². The van der Waals surface area contributed by atoms with E-state index in [1.54, 1.807) is 55.1 Å². The first-order valence-corrected chi connectivity index (χ1v) is 12.8. The Morgan fingerprint density at radius 3 is 2.36 bits per heavy atom. The summed E-state index contributed by atoms with van der Waals surface area (Å²) in [7, 11) is -3.90. The Bertz CT molecular complexity index is 905. The van der Waals surface area contributed by atoms with Crippen molar-refractivity contribution < 1.29 is 33.0 Å². The molecular weight excluding hydrogens is 445 g/mol. The second kappa shape index (κ2) is 15.1. The quantitative estimate of drug-likeness (QED) is 0.330. The van der Waals surface area contributed by atoms with Gasteiger partial charge >= 0.3 is 13.6 Å². The Labute approximate surface area is 196 Å². The van der Waals surface area contributed by atoms with Crippen LogP contribution in [0.25, 0.3) is 0 Å². The minimum atomic E-state index is -3.90. The van der Waals surface area contributed by atoms with Crippen molar-refractivity contribution in [1.82, 2.24) is 4.90 Å². The van der Waals surface area contributed by atoms with Crippen LogP contribution in [0.15, 0.2) is 48.5 Å². The predicted molar refractivity (Wildman–Crippen MR) is 127 cm³/mol. The fourth-order valence-electron chi connectivity index (χ4n) is 2.82. The zero-order valence-electron chi connectivity index (χ0n) is 19.7. The molecule has 0 fully saturated rings. The molecule has 33 heavy (non-hydrogen) atoms. The van der Waals surface area contributed by atoms with E-state index >= 15 is 0 Å². The highest BCUT2D eigenvalue weighted by Crippen LogP contribution is 2.42. The summed E-state index contributed by atoms with van der Waals surface area (Å²) in [6.45, 7) is 9.31. The standard InChI is InChI=1S/C17H18NO5P.C5H10O2.C2H6/c19-12-18-9-8-14-10-17(7-6-15(14)11-18)22-13-24(20,21)23-16-4-2-1-3-5-16;1-3-5(6)7-4-2;1-2/h1-7,10,12H,8-9,11,13H2,(H,20,21);3-4H2,1-2H3;1-2H3. The highest BCUT2D eigenvalue weighted by molar-refractivity contribution is 7.53. The molecule has 2 aromatic rings. The van der Waals surface area contributed by atoms with Gasteiger partial charge in [0.15, 0.2) is 6.35 Å². The Morgan fingerprint density at radius 2 is 1.79 bits per heavy atom. The van der Waals surface area contributed by atoms with Gasteiger partial charge in [-0.2, -0.15) is 0 Å². The van der Waals surface area contributed by atoms with Crippen LogP contribution in [-0.4, -0.2) is 41.7 Å². The molecule has 1 aliphatic heterocycles. The van der Waals surface area contributed by atoms with Crippen molar-refractivity contribution in [3.05, 3.63) is 59.7 Å². The smallest absolute Gasteiger partial charge is 0.413 e. The maximum absolute atomic E-state index is 12.1. The van der Waals surface area contributed by atoms with E-state index < -0.39 is 13.9 Å². The zero-order valence-corrected chi connectivity index (χ0v) is 20.6. The summed E-state index contributed by atoms with van der Waals surface area (Å²) in [5.41, 5.74) is 2.15. The van der Waals surface area contributed by atoms with Crippen LogP contribution in [0.1, 0.15) is 45.2 Å². The van der Waals surface area contributed by atoms with Crippen molar-refractivity contribution in [1.29, 1.82) is 0 Å². The second-order valence-electron chi connectivity index (χ2n) is 6.73. The van der Waals surface area contributed by atoms with Gasteiger partial charge in [0, 0.05) is 19.5 Å². The Balaban J connectivity index is 0.000000520. The van der Waals surface area contributed by atoms with E-state index in [-0.39, 0.29) is 5.97 Å². The lowest BCUT2D eigenvalue weighted by atomic mass is 10.00. The Morgan fingerprint density at radius 1 is 1.09 bits per heavy atom. The second-order valence-corrected chi connectivity index (χ2v) is 8.45. The van der Waals surface area contributed by atoms with Crippen molar-refractivity contribution in [2.75, 3.05) is 19.5 Å². The lowest BCUT2D eigenvalue weighted by molar-refractivity contribution is -0.142. The molecule has 2 aromatic carbocycles. The molecule has 1 aliphatic rings. The van der Waals surface area contributed by atoms with Crippen LogP contribution < -0.4 is 9.26 Å². The van der Waals surface area contributed by atoms with Crippen molar-refractivity contribution >= 4 is 20.0 Å². The number of nitrogens with zero attached hydrogens (tertiary/aromatic N) is 1. The summed E-state index contributed by atoms with van der Waals surface area (Å²) in [6.07, 6.45) is 1.63. The molecule has 0 radical (unpaired) electrons. The van der Waals surface area contributed by atoms with Crippen molar-refractivity contribution in [2.24, 2.45) is 0 Å². The molecule has 1 atom stereocenters. The Kier molecular flexibility index (Phi) is 12.9. The topological polar surface area (TPSA) is 102 Å². The molecule has 0 aliphatic carbocycles. The first-order chi connectivity index (χ1) is 15.9. The molecule has 3 rings (SSSR count). The monoisotopic (exact) mass is 479 g/mol. The van der Waals surface area contributed by atoms with E-state index in [4.69, 9.17) is 9.26 Å². The van der Waals surface area contributed by atoms with Crippen LogP contribution in [0.3, 0.4) is 0 Å². The SMILES string of the molecule is CC.CCOC(=O)CC.O=CN1CCc2cc(OCP(=O)(O)Oc3ccccc3)ccc2C1. The number of carbonyl (C=O) groups excluding carboxylic acids is 2. The van der Waals surface area contributed by atoms with Gasteiger partial charge in [-0.15, -0.1) is 0 Å². The number of benzene rings is 2. The summed E-state index contributed by atoms with van der Waals surface area (Å²) in [5.74, 6) is 0.716. The van der Waals surface area contributed by atoms with Crippen molar-refractivity contribution in [3.63, 3.8) is 0 Å². The molecule has 1 unspecified atom stereocenters. The van der Waals surface area contributed by atoms with Gasteiger partial charge in [-0.05, 0) is 48.7 Å². The lowest BCUT2D eigenvalue weighted by Gasteiger charge is -2.25. The summed E-state index contributed by atoms with van der Waals surface area (Å²) in [5, 5.41) is 0. The van der Waals surface area contributed by atoms with E-state index in [9.17, 15) is 19.0 Å². The molecule has 182 valence electrons. The molecular formula is C24H34NO7P. The molecule has 1 N–H and O–H groups in total. The van der Waals surface area contributed by atoms with Crippen LogP contribution in [0.2, 0.25) is 0 Å². The maximum Gasteiger partial charge on any atom is 0.413 e. The summed E-state index contributed by atoms with van der Waals surface area (Å²) < 4.78 is 27.2. The molecule has 8 nitrogen and oxygen atoms in total. The van der Waals surface area contributed by atoms with Crippen molar-refractivity contribution in [3.8, 4) is 11.5 Å². The highest BCUT2D eigenvalue weighted by Gasteiger charge is 2.23. The number of fused-ring (bicyclic) bond motifs is 1. The number of carbonyl (C=O) groups is 2. The average molecular weight is 480 g/mol. The molecule has 0 saturated heterocycles. The molecule has 0 saturated carbocycles. The molecule has 1 heterocycles. The van der Waals surface area contributed by atoms with E-state index in [0.717, 1.165) is 24.0 Å². The molecule has 1 amide bonds. The normalized spacial score (nSPS) is 13.5. The number of ether oxygens (including phenoxy) is 2. The summed E-state index contributed by atoms with van der Waals surface area (Å²) in [4.78, 5) is 32.6. The van der Waals surface area contributed by atoms with Gasteiger partial charge in [0.1, 0.15) is 11.5 Å². The van der Waals surface area contributed by atoms with E-state index in [0.29, 0.717) is 37.6 Å². The molecule has 9 heteroatoms. The summed E-state index contributed by atoms with van der Waals surface area (Å²) >= 11 is 0. The molecule has 0 spiro atoms. The van der Waals surface area contributed by atoms with Gasteiger partial charge in [-0.3, -0.25) is 9.59 Å².